The van der Waals surface area contributed by atoms with Crippen LogP contribution in [0.2, 0.25) is 0 Å². The van der Waals surface area contributed by atoms with Gasteiger partial charge >= 0.3 is 7.60 Å². The minimum absolute atomic E-state index is 0.219. The lowest BCUT2D eigenvalue weighted by molar-refractivity contribution is -0.122. The van der Waals surface area contributed by atoms with Crippen LogP contribution in [0.5, 0.6) is 0 Å². The van der Waals surface area contributed by atoms with Gasteiger partial charge in [0.05, 0.1) is 13.2 Å². The molecule has 1 rings (SSSR count). The summed E-state index contributed by atoms with van der Waals surface area (Å²) in [4.78, 5) is 11.7. The zero-order valence-electron chi connectivity index (χ0n) is 10.1. The molecule has 0 aromatic rings. The number of rotatable bonds is 5. The second-order valence-electron chi connectivity index (χ2n) is 3.98. The lowest BCUT2D eigenvalue weighted by Gasteiger charge is -2.31. The molecule has 1 unspecified atom stereocenters. The van der Waals surface area contributed by atoms with E-state index in [1.807, 2.05) is 6.92 Å². The first-order chi connectivity index (χ1) is 7.53. The number of piperidine rings is 1. The molecule has 6 heteroatoms. The van der Waals surface area contributed by atoms with Gasteiger partial charge in [0.15, 0.2) is 0 Å². The molecule has 16 heavy (non-hydrogen) atoms. The van der Waals surface area contributed by atoms with Crippen molar-refractivity contribution in [2.24, 2.45) is 5.92 Å². The Bertz CT molecular complexity index is 285. The van der Waals surface area contributed by atoms with Crippen LogP contribution >= 0.6 is 7.60 Å². The van der Waals surface area contributed by atoms with E-state index in [1.165, 1.54) is 0 Å². The van der Waals surface area contributed by atoms with E-state index < -0.39 is 13.3 Å². The van der Waals surface area contributed by atoms with Gasteiger partial charge in [0.1, 0.15) is 5.66 Å². The molecule has 1 amide bonds. The monoisotopic (exact) mass is 249 g/mol. The Morgan fingerprint density at radius 1 is 1.38 bits per heavy atom. The predicted octanol–water partition coefficient (Wildman–Crippen LogP) is 1.78. The summed E-state index contributed by atoms with van der Waals surface area (Å²) in [7, 11) is -3.30. The number of hydrogen-bond acceptors (Lipinski definition) is 4. The molecule has 0 radical (unpaired) electrons. The third kappa shape index (κ3) is 3.06. The summed E-state index contributed by atoms with van der Waals surface area (Å²) >= 11 is 0. The van der Waals surface area contributed by atoms with Gasteiger partial charge in [0, 0.05) is 6.54 Å². The normalized spacial score (nSPS) is 26.6. The summed E-state index contributed by atoms with van der Waals surface area (Å²) in [5, 5.41) is 2.73. The molecule has 1 fully saturated rings. The molecule has 0 aliphatic carbocycles. The molecular weight excluding hydrogens is 229 g/mol. The highest BCUT2D eigenvalue weighted by Crippen LogP contribution is 2.55. The SMILES string of the molecule is CCOP(=O)(OCC)C1C[C@H](C)CNC1=O. The van der Waals surface area contributed by atoms with Crippen molar-refractivity contribution in [3.05, 3.63) is 0 Å². The van der Waals surface area contributed by atoms with Crippen LogP contribution in [0.1, 0.15) is 27.2 Å². The second kappa shape index (κ2) is 5.80. The fourth-order valence-electron chi connectivity index (χ4n) is 1.81. The highest BCUT2D eigenvalue weighted by atomic mass is 31.2. The van der Waals surface area contributed by atoms with Crippen LogP contribution in [0.15, 0.2) is 0 Å². The van der Waals surface area contributed by atoms with Gasteiger partial charge in [-0.2, -0.15) is 0 Å². The first kappa shape index (κ1) is 13.7. The summed E-state index contributed by atoms with van der Waals surface area (Å²) in [6.07, 6.45) is 0.559. The molecule has 1 aliphatic heterocycles. The van der Waals surface area contributed by atoms with Gasteiger partial charge in [-0.25, -0.2) is 0 Å². The van der Waals surface area contributed by atoms with Crippen molar-refractivity contribution >= 4 is 13.5 Å². The van der Waals surface area contributed by atoms with Crippen molar-refractivity contribution in [2.45, 2.75) is 32.9 Å². The zero-order chi connectivity index (χ0) is 12.2. The Kier molecular flexibility index (Phi) is 4.96. The molecule has 1 heterocycles. The van der Waals surface area contributed by atoms with E-state index in [1.54, 1.807) is 13.8 Å². The molecule has 0 aromatic heterocycles. The first-order valence-corrected chi connectivity index (χ1v) is 7.31. The van der Waals surface area contributed by atoms with Gasteiger partial charge in [-0.1, -0.05) is 6.92 Å². The van der Waals surface area contributed by atoms with E-state index in [2.05, 4.69) is 5.32 Å². The van der Waals surface area contributed by atoms with Gasteiger partial charge in [-0.3, -0.25) is 9.36 Å². The summed E-state index contributed by atoms with van der Waals surface area (Å²) in [6, 6.07) is 0. The Balaban J connectivity index is 2.83. The lowest BCUT2D eigenvalue weighted by Crippen LogP contribution is -2.44. The third-order valence-corrected chi connectivity index (χ3v) is 5.00. The van der Waals surface area contributed by atoms with E-state index in [-0.39, 0.29) is 19.1 Å². The summed E-state index contributed by atoms with van der Waals surface area (Å²) in [5.74, 6) is 0.0836. The number of carbonyl (C=O) groups is 1. The second-order valence-corrected chi connectivity index (χ2v) is 6.20. The zero-order valence-corrected chi connectivity index (χ0v) is 11.0. The molecule has 94 valence electrons. The smallest absolute Gasteiger partial charge is 0.343 e. The van der Waals surface area contributed by atoms with E-state index >= 15 is 0 Å². The van der Waals surface area contributed by atoms with Gasteiger partial charge in [0.2, 0.25) is 5.91 Å². The average molecular weight is 249 g/mol. The fraction of sp³-hybridized carbons (Fsp3) is 0.900. The van der Waals surface area contributed by atoms with E-state index in [4.69, 9.17) is 9.05 Å². The Labute approximate surface area is 96.4 Å². The van der Waals surface area contributed by atoms with Gasteiger partial charge in [0.25, 0.3) is 0 Å². The highest BCUT2D eigenvalue weighted by molar-refractivity contribution is 7.55. The highest BCUT2D eigenvalue weighted by Gasteiger charge is 2.43. The van der Waals surface area contributed by atoms with Gasteiger partial charge < -0.3 is 14.4 Å². The van der Waals surface area contributed by atoms with Crippen LogP contribution < -0.4 is 5.32 Å². The van der Waals surface area contributed by atoms with E-state index in [9.17, 15) is 9.36 Å². The number of hydrogen-bond donors (Lipinski definition) is 1. The number of amides is 1. The fourth-order valence-corrected chi connectivity index (χ4v) is 3.96. The molecule has 5 nitrogen and oxygen atoms in total. The van der Waals surface area contributed by atoms with Crippen LogP contribution in [-0.2, 0) is 18.4 Å². The Hall–Kier alpha value is -0.380. The summed E-state index contributed by atoms with van der Waals surface area (Å²) < 4.78 is 22.8. The van der Waals surface area contributed by atoms with Crippen LogP contribution in [0, 0.1) is 5.92 Å². The van der Waals surface area contributed by atoms with Crippen molar-refractivity contribution < 1.29 is 18.4 Å². The van der Waals surface area contributed by atoms with Crippen LogP contribution in [-0.4, -0.2) is 31.3 Å². The minimum atomic E-state index is -3.30. The average Bonchev–Trinajstić information content (AvgIpc) is 2.22. The maximum Gasteiger partial charge on any atom is 0.343 e. The van der Waals surface area contributed by atoms with Crippen molar-refractivity contribution in [3.63, 3.8) is 0 Å². The van der Waals surface area contributed by atoms with Gasteiger partial charge in [-0.05, 0) is 26.2 Å². The summed E-state index contributed by atoms with van der Waals surface area (Å²) in [6.45, 7) is 6.71. The molecule has 1 N–H and O–H groups in total. The molecule has 0 aromatic carbocycles. The van der Waals surface area contributed by atoms with E-state index in [0.717, 1.165) is 0 Å². The standard InChI is InChI=1S/C10H20NO4P/c1-4-14-16(13,15-5-2)9-6-8(3)7-11-10(9)12/h8-9H,4-7H2,1-3H3,(H,11,12)/t8-,9?/m0/s1. The third-order valence-electron chi connectivity index (χ3n) is 2.55. The predicted molar refractivity (Wildman–Crippen MR) is 61.4 cm³/mol. The maximum atomic E-state index is 12.4. The molecular formula is C10H20NO4P. The van der Waals surface area contributed by atoms with Crippen molar-refractivity contribution in [1.82, 2.24) is 5.32 Å². The van der Waals surface area contributed by atoms with Crippen molar-refractivity contribution in [3.8, 4) is 0 Å². The number of carbonyl (C=O) groups excluding carboxylic acids is 1. The van der Waals surface area contributed by atoms with Crippen LogP contribution in [0.3, 0.4) is 0 Å². The topological polar surface area (TPSA) is 64.6 Å². The molecule has 1 aliphatic rings. The number of nitrogens with one attached hydrogen (secondary N) is 1. The minimum Gasteiger partial charge on any atom is -0.355 e. The Morgan fingerprint density at radius 2 is 1.94 bits per heavy atom. The summed E-state index contributed by atoms with van der Waals surface area (Å²) in [5.41, 5.74) is -0.656. The molecule has 2 atom stereocenters. The van der Waals surface area contributed by atoms with Gasteiger partial charge in [-0.15, -0.1) is 0 Å². The molecule has 0 saturated carbocycles. The van der Waals surface area contributed by atoms with Crippen LogP contribution in [0.4, 0.5) is 0 Å². The van der Waals surface area contributed by atoms with E-state index in [0.29, 0.717) is 18.9 Å². The molecule has 1 saturated heterocycles. The molecule has 0 bridgehead atoms. The van der Waals surface area contributed by atoms with Crippen molar-refractivity contribution in [2.75, 3.05) is 19.8 Å². The first-order valence-electron chi connectivity index (χ1n) is 5.70. The quantitative estimate of drug-likeness (QED) is 0.754. The Morgan fingerprint density at radius 3 is 2.44 bits per heavy atom. The van der Waals surface area contributed by atoms with Crippen LogP contribution in [0.25, 0.3) is 0 Å². The maximum absolute atomic E-state index is 12.4. The molecule has 0 spiro atoms. The van der Waals surface area contributed by atoms with Crippen molar-refractivity contribution in [1.29, 1.82) is 0 Å². The largest absolute Gasteiger partial charge is 0.355 e. The lowest BCUT2D eigenvalue weighted by atomic mass is 10.0.